The molecule has 3 rings (SSSR count). The molecule has 2 heterocycles. The van der Waals surface area contributed by atoms with Crippen LogP contribution in [0.25, 0.3) is 11.3 Å². The number of aryl methyl sites for hydroxylation is 1. The fourth-order valence-corrected chi connectivity index (χ4v) is 1.96. The summed E-state index contributed by atoms with van der Waals surface area (Å²) >= 11 is 0. The van der Waals surface area contributed by atoms with Crippen molar-refractivity contribution < 1.29 is 4.74 Å². The summed E-state index contributed by atoms with van der Waals surface area (Å²) in [7, 11) is 1.64. The van der Waals surface area contributed by atoms with Crippen molar-refractivity contribution in [3.05, 3.63) is 48.4 Å². The minimum absolute atomic E-state index is 0.641. The first-order valence-electron chi connectivity index (χ1n) is 6.50. The maximum Gasteiger partial charge on any atom is 0.153 e. The number of benzene rings is 1. The van der Waals surface area contributed by atoms with Crippen molar-refractivity contribution >= 4 is 11.6 Å². The van der Waals surface area contributed by atoms with Gasteiger partial charge in [0.05, 0.1) is 25.2 Å². The highest BCUT2D eigenvalue weighted by Crippen LogP contribution is 2.23. The van der Waals surface area contributed by atoms with E-state index in [0.29, 0.717) is 11.6 Å². The highest BCUT2D eigenvalue weighted by atomic mass is 16.5. The van der Waals surface area contributed by atoms with Gasteiger partial charge in [0.15, 0.2) is 11.6 Å². The molecule has 0 aliphatic carbocycles. The molecule has 106 valence electrons. The van der Waals surface area contributed by atoms with Crippen LogP contribution in [0.3, 0.4) is 0 Å². The van der Waals surface area contributed by atoms with Crippen LogP contribution in [0, 0.1) is 6.92 Å². The molecular weight excluding hydrogens is 266 g/mol. The third-order valence-electron chi connectivity index (χ3n) is 2.96. The van der Waals surface area contributed by atoms with Gasteiger partial charge in [-0.2, -0.15) is 5.10 Å². The van der Waals surface area contributed by atoms with Crippen LogP contribution < -0.4 is 10.1 Å². The summed E-state index contributed by atoms with van der Waals surface area (Å²) in [6.07, 6.45) is 3.38. The predicted octanol–water partition coefficient (Wildman–Crippen LogP) is 2.93. The van der Waals surface area contributed by atoms with Crippen LogP contribution in [0.15, 0.2) is 42.7 Å². The number of anilines is 2. The molecule has 6 nitrogen and oxygen atoms in total. The number of hydrogen-bond acceptors (Lipinski definition) is 5. The van der Waals surface area contributed by atoms with E-state index >= 15 is 0 Å². The van der Waals surface area contributed by atoms with Crippen LogP contribution in [0.5, 0.6) is 5.75 Å². The first-order valence-corrected chi connectivity index (χ1v) is 6.50. The smallest absolute Gasteiger partial charge is 0.153 e. The minimum atomic E-state index is 0.641. The molecule has 0 saturated heterocycles. The van der Waals surface area contributed by atoms with Gasteiger partial charge in [-0.05, 0) is 19.1 Å². The topological polar surface area (TPSA) is 75.7 Å². The number of methoxy groups -OCH3 is 1. The number of ether oxygens (including phenoxy) is 1. The van der Waals surface area contributed by atoms with E-state index in [1.165, 1.54) is 0 Å². The summed E-state index contributed by atoms with van der Waals surface area (Å²) in [6, 6.07) is 9.61. The van der Waals surface area contributed by atoms with E-state index < -0.39 is 0 Å². The first kappa shape index (κ1) is 13.1. The van der Waals surface area contributed by atoms with Crippen molar-refractivity contribution in [2.75, 3.05) is 12.4 Å². The Bertz CT molecular complexity index is 753. The maximum atomic E-state index is 5.23. The van der Waals surface area contributed by atoms with Crippen molar-refractivity contribution in [1.82, 2.24) is 20.2 Å². The third-order valence-corrected chi connectivity index (χ3v) is 2.96. The highest BCUT2D eigenvalue weighted by Gasteiger charge is 2.05. The van der Waals surface area contributed by atoms with E-state index in [1.54, 1.807) is 19.5 Å². The first-order chi connectivity index (χ1) is 10.2. The molecule has 6 heteroatoms. The van der Waals surface area contributed by atoms with Gasteiger partial charge in [-0.25, -0.2) is 4.98 Å². The van der Waals surface area contributed by atoms with E-state index in [-0.39, 0.29) is 0 Å². The lowest BCUT2D eigenvalue weighted by Crippen LogP contribution is -1.96. The van der Waals surface area contributed by atoms with Crippen molar-refractivity contribution in [3.8, 4) is 17.0 Å². The Morgan fingerprint density at radius 2 is 2.05 bits per heavy atom. The van der Waals surface area contributed by atoms with Crippen LogP contribution in [0.4, 0.5) is 11.6 Å². The van der Waals surface area contributed by atoms with Gasteiger partial charge in [0.25, 0.3) is 0 Å². The van der Waals surface area contributed by atoms with E-state index in [4.69, 9.17) is 4.74 Å². The molecule has 0 radical (unpaired) electrons. The Hall–Kier alpha value is -2.89. The summed E-state index contributed by atoms with van der Waals surface area (Å²) in [4.78, 5) is 8.76. The Labute approximate surface area is 122 Å². The van der Waals surface area contributed by atoms with Gasteiger partial charge in [0, 0.05) is 17.3 Å². The highest BCUT2D eigenvalue weighted by molar-refractivity contribution is 5.63. The molecule has 3 aromatic rings. The zero-order valence-corrected chi connectivity index (χ0v) is 11.8. The second-order valence-corrected chi connectivity index (χ2v) is 4.58. The quantitative estimate of drug-likeness (QED) is 0.769. The zero-order chi connectivity index (χ0) is 14.7. The molecule has 0 amide bonds. The van der Waals surface area contributed by atoms with Crippen molar-refractivity contribution in [2.24, 2.45) is 0 Å². The molecule has 0 bridgehead atoms. The number of H-pyrrole nitrogens is 1. The monoisotopic (exact) mass is 281 g/mol. The van der Waals surface area contributed by atoms with Gasteiger partial charge >= 0.3 is 0 Å². The summed E-state index contributed by atoms with van der Waals surface area (Å²) in [5.41, 5.74) is 2.70. The normalized spacial score (nSPS) is 10.4. The summed E-state index contributed by atoms with van der Waals surface area (Å²) < 4.78 is 5.23. The predicted molar refractivity (Wildman–Crippen MR) is 80.6 cm³/mol. The minimum Gasteiger partial charge on any atom is -0.497 e. The molecule has 0 aliphatic heterocycles. The second kappa shape index (κ2) is 5.62. The lowest BCUT2D eigenvalue weighted by Gasteiger charge is -2.06. The standard InChI is InChI=1S/C15H15N5O/c1-10-6-14(20-19-10)18-15-9-16-8-13(17-15)11-4-3-5-12(7-11)21-2/h3-9H,1-2H3,(H2,17,18,19,20). The number of aromatic nitrogens is 4. The summed E-state index contributed by atoms with van der Waals surface area (Å²) in [5.74, 6) is 2.14. The molecule has 1 aromatic carbocycles. The van der Waals surface area contributed by atoms with Crippen LogP contribution in [-0.2, 0) is 0 Å². The van der Waals surface area contributed by atoms with E-state index in [1.807, 2.05) is 37.3 Å². The Balaban J connectivity index is 1.88. The molecule has 0 atom stereocenters. The largest absolute Gasteiger partial charge is 0.497 e. The van der Waals surface area contributed by atoms with Gasteiger partial charge in [0.2, 0.25) is 0 Å². The average molecular weight is 281 g/mol. The van der Waals surface area contributed by atoms with Crippen LogP contribution in [0.2, 0.25) is 0 Å². The second-order valence-electron chi connectivity index (χ2n) is 4.58. The molecule has 0 spiro atoms. The Morgan fingerprint density at radius 1 is 1.14 bits per heavy atom. The van der Waals surface area contributed by atoms with Gasteiger partial charge in [-0.15, -0.1) is 0 Å². The van der Waals surface area contributed by atoms with Gasteiger partial charge in [-0.1, -0.05) is 12.1 Å². The van der Waals surface area contributed by atoms with Gasteiger partial charge in [-0.3, -0.25) is 10.1 Å². The van der Waals surface area contributed by atoms with Gasteiger partial charge in [0.1, 0.15) is 5.75 Å². The molecule has 0 fully saturated rings. The summed E-state index contributed by atoms with van der Waals surface area (Å²) in [5, 5.41) is 10.1. The van der Waals surface area contributed by atoms with Crippen molar-refractivity contribution in [1.29, 1.82) is 0 Å². The summed E-state index contributed by atoms with van der Waals surface area (Å²) in [6.45, 7) is 1.94. The Morgan fingerprint density at radius 3 is 2.81 bits per heavy atom. The molecule has 0 aliphatic rings. The SMILES string of the molecule is COc1cccc(-c2cncc(Nc3cc(C)[nH]n3)n2)c1. The molecule has 2 aromatic heterocycles. The molecule has 21 heavy (non-hydrogen) atoms. The van der Waals surface area contributed by atoms with Crippen molar-refractivity contribution in [3.63, 3.8) is 0 Å². The van der Waals surface area contributed by atoms with Crippen LogP contribution >= 0.6 is 0 Å². The fourth-order valence-electron chi connectivity index (χ4n) is 1.96. The third kappa shape index (κ3) is 3.00. The van der Waals surface area contributed by atoms with Crippen LogP contribution in [0.1, 0.15) is 5.69 Å². The van der Waals surface area contributed by atoms with Crippen LogP contribution in [-0.4, -0.2) is 27.3 Å². The molecular formula is C15H15N5O. The lowest BCUT2D eigenvalue weighted by molar-refractivity contribution is 0.415. The maximum absolute atomic E-state index is 5.23. The van der Waals surface area contributed by atoms with E-state index in [9.17, 15) is 0 Å². The Kier molecular flexibility index (Phi) is 3.51. The fraction of sp³-hybridized carbons (Fsp3) is 0.133. The number of nitrogens with one attached hydrogen (secondary N) is 2. The molecule has 0 saturated carbocycles. The van der Waals surface area contributed by atoms with E-state index in [2.05, 4.69) is 25.5 Å². The number of hydrogen-bond donors (Lipinski definition) is 2. The lowest BCUT2D eigenvalue weighted by atomic mass is 10.1. The molecule has 2 N–H and O–H groups in total. The van der Waals surface area contributed by atoms with E-state index in [0.717, 1.165) is 22.7 Å². The number of nitrogens with zero attached hydrogens (tertiary/aromatic N) is 3. The van der Waals surface area contributed by atoms with Crippen molar-refractivity contribution in [2.45, 2.75) is 6.92 Å². The van der Waals surface area contributed by atoms with Gasteiger partial charge < -0.3 is 10.1 Å². The number of aromatic amines is 1. The zero-order valence-electron chi connectivity index (χ0n) is 11.8. The average Bonchev–Trinajstić information content (AvgIpc) is 2.93. The molecule has 0 unspecified atom stereocenters. The number of rotatable bonds is 4.